The number of hydrogen-bond acceptors (Lipinski definition) is 4. The van der Waals surface area contributed by atoms with E-state index in [2.05, 4.69) is 26.6 Å². The fourth-order valence-electron chi connectivity index (χ4n) is 2.74. The highest BCUT2D eigenvalue weighted by atomic mass is 79.9. The van der Waals surface area contributed by atoms with Crippen LogP contribution >= 0.6 is 27.5 Å². The lowest BCUT2D eigenvalue weighted by atomic mass is 10.1. The van der Waals surface area contributed by atoms with Crippen LogP contribution in [0.5, 0.6) is 0 Å². The van der Waals surface area contributed by atoms with Gasteiger partial charge < -0.3 is 15.4 Å². The van der Waals surface area contributed by atoms with Crippen LogP contribution in [0, 0.1) is 6.92 Å². The summed E-state index contributed by atoms with van der Waals surface area (Å²) >= 11 is 9.34. The van der Waals surface area contributed by atoms with E-state index in [0.29, 0.717) is 17.1 Å². The van der Waals surface area contributed by atoms with E-state index in [4.69, 9.17) is 16.3 Å². The summed E-state index contributed by atoms with van der Waals surface area (Å²) in [4.78, 5) is 35.9. The number of benzene rings is 2. The Morgan fingerprint density at radius 3 is 2.47 bits per heavy atom. The molecule has 0 saturated heterocycles. The monoisotopic (exact) mass is 494 g/mol. The van der Waals surface area contributed by atoms with E-state index in [-0.39, 0.29) is 18.7 Å². The third-order valence-electron chi connectivity index (χ3n) is 4.36. The van der Waals surface area contributed by atoms with Crippen molar-refractivity contribution >= 4 is 56.7 Å². The molecule has 2 amide bonds. The van der Waals surface area contributed by atoms with Gasteiger partial charge in [-0.2, -0.15) is 0 Å². The lowest BCUT2D eigenvalue weighted by molar-refractivity contribution is -0.147. The molecule has 0 spiro atoms. The van der Waals surface area contributed by atoms with E-state index in [0.717, 1.165) is 27.7 Å². The van der Waals surface area contributed by atoms with Gasteiger partial charge in [0.05, 0.1) is 5.02 Å². The van der Waals surface area contributed by atoms with Gasteiger partial charge in [-0.1, -0.05) is 36.7 Å². The highest BCUT2D eigenvalue weighted by molar-refractivity contribution is 9.10. The lowest BCUT2D eigenvalue weighted by Gasteiger charge is -2.11. The maximum absolute atomic E-state index is 12.1. The molecule has 6 nitrogen and oxygen atoms in total. The number of amides is 2. The van der Waals surface area contributed by atoms with Crippen LogP contribution in [0.15, 0.2) is 40.9 Å². The van der Waals surface area contributed by atoms with Gasteiger partial charge in [0.1, 0.15) is 0 Å². The van der Waals surface area contributed by atoms with E-state index in [1.807, 2.05) is 38.1 Å². The van der Waals surface area contributed by atoms with Crippen molar-refractivity contribution in [2.75, 3.05) is 17.2 Å². The van der Waals surface area contributed by atoms with Crippen LogP contribution in [0.3, 0.4) is 0 Å². The number of aryl methyl sites for hydroxylation is 2. The summed E-state index contributed by atoms with van der Waals surface area (Å²) in [5.74, 6) is -1.15. The lowest BCUT2D eigenvalue weighted by Crippen LogP contribution is -2.21. The van der Waals surface area contributed by atoms with Gasteiger partial charge in [-0.25, -0.2) is 0 Å². The van der Waals surface area contributed by atoms with E-state index in [9.17, 15) is 14.4 Å². The molecule has 0 heterocycles. The minimum atomic E-state index is -0.530. The highest BCUT2D eigenvalue weighted by Gasteiger charge is 2.12. The predicted octanol–water partition coefficient (Wildman–Crippen LogP) is 5.26. The average Bonchev–Trinajstić information content (AvgIpc) is 2.71. The number of anilines is 2. The Bertz CT molecular complexity index is 933. The maximum Gasteiger partial charge on any atom is 0.306 e. The van der Waals surface area contributed by atoms with Crippen molar-refractivity contribution in [2.45, 2.75) is 39.5 Å². The summed E-state index contributed by atoms with van der Waals surface area (Å²) in [6.07, 6.45) is 1.40. The summed E-state index contributed by atoms with van der Waals surface area (Å²) in [6.45, 7) is 3.44. The van der Waals surface area contributed by atoms with Crippen molar-refractivity contribution in [1.82, 2.24) is 0 Å². The molecule has 2 aromatic carbocycles. The van der Waals surface area contributed by atoms with Crippen LogP contribution in [0.25, 0.3) is 0 Å². The second-order valence-electron chi connectivity index (χ2n) is 6.70. The van der Waals surface area contributed by atoms with Crippen LogP contribution in [0.2, 0.25) is 5.02 Å². The molecule has 0 atom stereocenters. The second-order valence-corrected chi connectivity index (χ2v) is 7.96. The Hall–Kier alpha value is -2.38. The second kappa shape index (κ2) is 11.7. The molecule has 0 aromatic heterocycles. The normalized spacial score (nSPS) is 10.4. The standard InChI is InChI=1S/C22H24BrClN2O4/c1-3-15-7-4-5-8-18(15)25-20(27)9-6-10-22(29)30-13-21(28)26-19-12-17(24)16(23)11-14(19)2/h4-5,7-8,11-12H,3,6,9-10,13H2,1-2H3,(H,25,27)(H,26,28). The van der Waals surface area contributed by atoms with Crippen molar-refractivity contribution < 1.29 is 19.1 Å². The Balaban J connectivity index is 1.70. The van der Waals surface area contributed by atoms with E-state index in [1.54, 1.807) is 12.1 Å². The molecule has 2 aromatic rings. The number of para-hydroxylation sites is 1. The van der Waals surface area contributed by atoms with Gasteiger partial charge in [0.15, 0.2) is 6.61 Å². The molecule has 8 heteroatoms. The van der Waals surface area contributed by atoms with Crippen molar-refractivity contribution in [2.24, 2.45) is 0 Å². The topological polar surface area (TPSA) is 84.5 Å². The zero-order chi connectivity index (χ0) is 22.1. The largest absolute Gasteiger partial charge is 0.456 e. The minimum Gasteiger partial charge on any atom is -0.456 e. The molecule has 160 valence electrons. The molecular weight excluding hydrogens is 472 g/mol. The summed E-state index contributed by atoms with van der Waals surface area (Å²) in [5, 5.41) is 5.98. The molecule has 0 fully saturated rings. The third kappa shape index (κ3) is 7.46. The van der Waals surface area contributed by atoms with Crippen molar-refractivity contribution in [3.63, 3.8) is 0 Å². The summed E-state index contributed by atoms with van der Waals surface area (Å²) in [6, 6.07) is 11.0. The van der Waals surface area contributed by atoms with Gasteiger partial charge >= 0.3 is 5.97 Å². The number of halogens is 2. The van der Waals surface area contributed by atoms with Gasteiger partial charge in [0, 0.05) is 28.7 Å². The molecule has 30 heavy (non-hydrogen) atoms. The van der Waals surface area contributed by atoms with Gasteiger partial charge in [-0.3, -0.25) is 14.4 Å². The number of nitrogens with one attached hydrogen (secondary N) is 2. The zero-order valence-electron chi connectivity index (χ0n) is 16.9. The third-order valence-corrected chi connectivity index (χ3v) is 5.56. The quantitative estimate of drug-likeness (QED) is 0.465. The Kier molecular flexibility index (Phi) is 9.33. The molecule has 2 N–H and O–H groups in total. The number of esters is 1. The van der Waals surface area contributed by atoms with Crippen LogP contribution in [-0.4, -0.2) is 24.4 Å². The molecule has 0 aliphatic rings. The molecular formula is C22H24BrClN2O4. The van der Waals surface area contributed by atoms with E-state index in [1.165, 1.54) is 0 Å². The van der Waals surface area contributed by atoms with E-state index < -0.39 is 18.5 Å². The minimum absolute atomic E-state index is 0.0548. The predicted molar refractivity (Wildman–Crippen MR) is 122 cm³/mol. The summed E-state index contributed by atoms with van der Waals surface area (Å²) in [7, 11) is 0. The Labute approximate surface area is 189 Å². The van der Waals surface area contributed by atoms with E-state index >= 15 is 0 Å². The molecule has 2 rings (SSSR count). The van der Waals surface area contributed by atoms with Crippen LogP contribution in [-0.2, 0) is 25.5 Å². The molecule has 0 saturated carbocycles. The van der Waals surface area contributed by atoms with Crippen molar-refractivity contribution in [3.05, 3.63) is 57.0 Å². The SMILES string of the molecule is CCc1ccccc1NC(=O)CCCC(=O)OCC(=O)Nc1cc(Cl)c(Br)cc1C. The van der Waals surface area contributed by atoms with Crippen LogP contribution < -0.4 is 10.6 Å². The first-order chi connectivity index (χ1) is 14.3. The molecule has 0 bridgehead atoms. The summed E-state index contributed by atoms with van der Waals surface area (Å²) in [5.41, 5.74) is 3.21. The van der Waals surface area contributed by atoms with Gasteiger partial charge in [0.25, 0.3) is 5.91 Å². The van der Waals surface area contributed by atoms with Gasteiger partial charge in [0.2, 0.25) is 5.91 Å². The first-order valence-electron chi connectivity index (χ1n) is 9.59. The van der Waals surface area contributed by atoms with Gasteiger partial charge in [-0.05, 0) is 65.0 Å². The summed E-state index contributed by atoms with van der Waals surface area (Å²) < 4.78 is 5.71. The average molecular weight is 496 g/mol. The van der Waals surface area contributed by atoms with Crippen molar-refractivity contribution in [3.8, 4) is 0 Å². The van der Waals surface area contributed by atoms with Crippen LogP contribution in [0.4, 0.5) is 11.4 Å². The fourth-order valence-corrected chi connectivity index (χ4v) is 3.36. The van der Waals surface area contributed by atoms with Crippen molar-refractivity contribution in [1.29, 1.82) is 0 Å². The fraction of sp³-hybridized carbons (Fsp3) is 0.318. The molecule has 0 aliphatic heterocycles. The first-order valence-corrected chi connectivity index (χ1v) is 10.8. The first kappa shape index (κ1) is 23.9. The molecule has 0 unspecified atom stereocenters. The molecule has 0 radical (unpaired) electrons. The number of carbonyl (C=O) groups excluding carboxylic acids is 3. The number of ether oxygens (including phenoxy) is 1. The Morgan fingerprint density at radius 2 is 1.73 bits per heavy atom. The number of carbonyl (C=O) groups is 3. The van der Waals surface area contributed by atoms with Gasteiger partial charge in [-0.15, -0.1) is 0 Å². The maximum atomic E-state index is 12.1. The Morgan fingerprint density at radius 1 is 1.03 bits per heavy atom. The molecule has 0 aliphatic carbocycles. The van der Waals surface area contributed by atoms with Crippen LogP contribution in [0.1, 0.15) is 37.3 Å². The number of hydrogen-bond donors (Lipinski definition) is 2. The number of rotatable bonds is 9. The zero-order valence-corrected chi connectivity index (χ0v) is 19.2. The highest BCUT2D eigenvalue weighted by Crippen LogP contribution is 2.28. The smallest absolute Gasteiger partial charge is 0.306 e.